The van der Waals surface area contributed by atoms with Crippen LogP contribution in [0, 0.1) is 0 Å². The molecule has 6 nitrogen and oxygen atoms in total. The summed E-state index contributed by atoms with van der Waals surface area (Å²) < 4.78 is 5.69. The zero-order valence-electron chi connectivity index (χ0n) is 14.4. The Hall–Kier alpha value is -2.15. The van der Waals surface area contributed by atoms with Crippen LogP contribution in [-0.2, 0) is 14.3 Å². The standard InChI is InChI=1S/C9H9Br.C9H15N3O3/c10-9-5-3-8(4-6-9)7-1-2-7;1-11-5-7(4-10)3-8(12-6-13)9(14)15-2/h3-7H,1-2H2;4-6,8H,3,10H2,1-2H3,(H,12,13)/b;7-4-,11-5?. The van der Waals surface area contributed by atoms with Crippen molar-refractivity contribution in [1.82, 2.24) is 5.32 Å². The highest BCUT2D eigenvalue weighted by Crippen LogP contribution is 2.40. The number of carbonyl (C=O) groups excluding carboxylic acids is 2. The Kier molecular flexibility index (Phi) is 9.54. The third kappa shape index (κ3) is 7.98. The van der Waals surface area contributed by atoms with Gasteiger partial charge in [0.15, 0.2) is 0 Å². The Bertz CT molecular complexity index is 610. The summed E-state index contributed by atoms with van der Waals surface area (Å²) in [5.41, 5.74) is 7.47. The van der Waals surface area contributed by atoms with Gasteiger partial charge in [-0.3, -0.25) is 9.79 Å². The summed E-state index contributed by atoms with van der Waals surface area (Å²) in [5, 5.41) is 2.34. The molecule has 3 N–H and O–H groups in total. The first-order valence-electron chi connectivity index (χ1n) is 7.91. The molecule has 0 aromatic heterocycles. The predicted molar refractivity (Wildman–Crippen MR) is 102 cm³/mol. The smallest absolute Gasteiger partial charge is 0.328 e. The number of methoxy groups -OCH3 is 1. The molecule has 0 bridgehead atoms. The van der Waals surface area contributed by atoms with Crippen molar-refractivity contribution in [3.63, 3.8) is 0 Å². The van der Waals surface area contributed by atoms with Gasteiger partial charge < -0.3 is 15.8 Å². The molecule has 1 aliphatic rings. The molecule has 0 saturated heterocycles. The van der Waals surface area contributed by atoms with E-state index in [4.69, 9.17) is 5.73 Å². The van der Waals surface area contributed by atoms with Gasteiger partial charge in [0.2, 0.25) is 6.41 Å². The molecule has 7 heteroatoms. The van der Waals surface area contributed by atoms with E-state index >= 15 is 0 Å². The van der Waals surface area contributed by atoms with Gasteiger partial charge in [0, 0.05) is 24.2 Å². The number of ether oxygens (including phenoxy) is 1. The third-order valence-electron chi connectivity index (χ3n) is 3.62. The van der Waals surface area contributed by atoms with Crippen LogP contribution in [-0.4, -0.2) is 38.8 Å². The van der Waals surface area contributed by atoms with E-state index < -0.39 is 12.0 Å². The van der Waals surface area contributed by atoms with E-state index in [1.807, 2.05) is 0 Å². The zero-order valence-corrected chi connectivity index (χ0v) is 16.0. The van der Waals surface area contributed by atoms with E-state index in [9.17, 15) is 9.59 Å². The van der Waals surface area contributed by atoms with Crippen LogP contribution < -0.4 is 11.1 Å². The van der Waals surface area contributed by atoms with Crippen LogP contribution in [0.2, 0.25) is 0 Å². The van der Waals surface area contributed by atoms with E-state index in [1.165, 1.54) is 42.4 Å². The molecule has 1 amide bonds. The summed E-state index contributed by atoms with van der Waals surface area (Å²) in [6, 6.07) is 7.92. The van der Waals surface area contributed by atoms with Crippen molar-refractivity contribution < 1.29 is 14.3 Å². The van der Waals surface area contributed by atoms with Crippen LogP contribution >= 0.6 is 15.9 Å². The second-order valence-electron chi connectivity index (χ2n) is 5.52. The first kappa shape index (κ1) is 20.9. The summed E-state index contributed by atoms with van der Waals surface area (Å²) in [7, 11) is 2.84. The average Bonchev–Trinajstić information content (AvgIpc) is 3.46. The van der Waals surface area contributed by atoms with Gasteiger partial charge in [-0.15, -0.1) is 0 Å². The minimum absolute atomic E-state index is 0.249. The number of benzene rings is 1. The molecule has 2 rings (SSSR count). The quantitative estimate of drug-likeness (QED) is 0.410. The number of amides is 1. The van der Waals surface area contributed by atoms with E-state index in [0.29, 0.717) is 12.0 Å². The Morgan fingerprint density at radius 3 is 2.52 bits per heavy atom. The number of nitrogens with zero attached hydrogens (tertiary/aromatic N) is 1. The van der Waals surface area contributed by atoms with E-state index in [0.717, 1.165) is 5.92 Å². The highest BCUT2D eigenvalue weighted by atomic mass is 79.9. The lowest BCUT2D eigenvalue weighted by Crippen LogP contribution is -2.37. The van der Waals surface area contributed by atoms with Crippen LogP contribution in [0.1, 0.15) is 30.7 Å². The molecular weight excluding hydrogens is 386 g/mol. The number of esters is 1. The first-order chi connectivity index (χ1) is 12.0. The van der Waals surface area contributed by atoms with E-state index in [2.05, 4.69) is 55.2 Å². The Balaban J connectivity index is 0.000000267. The van der Waals surface area contributed by atoms with Gasteiger partial charge in [0.05, 0.1) is 7.11 Å². The lowest BCUT2D eigenvalue weighted by atomic mass is 10.1. The van der Waals surface area contributed by atoms with Crippen LogP contribution in [0.5, 0.6) is 0 Å². The van der Waals surface area contributed by atoms with Crippen molar-refractivity contribution in [2.45, 2.75) is 31.2 Å². The van der Waals surface area contributed by atoms with E-state index in [1.54, 1.807) is 7.05 Å². The maximum atomic E-state index is 11.2. The summed E-state index contributed by atoms with van der Waals surface area (Å²) >= 11 is 3.41. The van der Waals surface area contributed by atoms with Gasteiger partial charge in [0.1, 0.15) is 6.04 Å². The Morgan fingerprint density at radius 2 is 2.08 bits per heavy atom. The average molecular weight is 410 g/mol. The van der Waals surface area contributed by atoms with Crippen molar-refractivity contribution in [2.75, 3.05) is 14.2 Å². The van der Waals surface area contributed by atoms with Crippen LogP contribution in [0.4, 0.5) is 0 Å². The van der Waals surface area contributed by atoms with Gasteiger partial charge in [-0.1, -0.05) is 28.1 Å². The maximum absolute atomic E-state index is 11.2. The molecule has 1 atom stereocenters. The van der Waals surface area contributed by atoms with Crippen molar-refractivity contribution in [3.05, 3.63) is 46.1 Å². The SMILES string of the molecule is Brc1ccc(C2CC2)cc1.CN=C/C(=C\N)CC(NC=O)C(=O)OC. The molecule has 0 heterocycles. The fraction of sp³-hybridized carbons (Fsp3) is 0.389. The molecular formula is C18H24BrN3O3. The first-order valence-corrected chi connectivity index (χ1v) is 8.70. The molecule has 1 saturated carbocycles. The van der Waals surface area contributed by atoms with Crippen molar-refractivity contribution in [3.8, 4) is 0 Å². The summed E-state index contributed by atoms with van der Waals surface area (Å²) in [5.74, 6) is 0.360. The number of hydrogen-bond acceptors (Lipinski definition) is 5. The highest BCUT2D eigenvalue weighted by Gasteiger charge is 2.22. The van der Waals surface area contributed by atoms with Gasteiger partial charge in [0.25, 0.3) is 0 Å². The third-order valence-corrected chi connectivity index (χ3v) is 4.15. The molecule has 1 aromatic carbocycles. The fourth-order valence-corrected chi connectivity index (χ4v) is 2.42. The molecule has 0 spiro atoms. The van der Waals surface area contributed by atoms with Crippen molar-refractivity contribution >= 4 is 34.5 Å². The van der Waals surface area contributed by atoms with E-state index in [-0.39, 0.29) is 6.42 Å². The number of halogens is 1. The monoisotopic (exact) mass is 409 g/mol. The highest BCUT2D eigenvalue weighted by molar-refractivity contribution is 9.10. The van der Waals surface area contributed by atoms with Gasteiger partial charge in [-0.05, 0) is 48.2 Å². The number of nitrogens with two attached hydrogens (primary N) is 1. The second kappa shape index (κ2) is 11.4. The molecule has 1 unspecified atom stereocenters. The lowest BCUT2D eigenvalue weighted by Gasteiger charge is -2.13. The summed E-state index contributed by atoms with van der Waals surface area (Å²) in [4.78, 5) is 25.2. The normalized spacial score (nSPS) is 15.1. The molecule has 0 aliphatic heterocycles. The minimum Gasteiger partial charge on any atom is -0.467 e. The largest absolute Gasteiger partial charge is 0.467 e. The molecule has 1 aromatic rings. The van der Waals surface area contributed by atoms with Crippen LogP contribution in [0.3, 0.4) is 0 Å². The van der Waals surface area contributed by atoms with Crippen LogP contribution in [0.15, 0.2) is 45.5 Å². The number of aliphatic imine (C=N–C) groups is 1. The van der Waals surface area contributed by atoms with Crippen molar-refractivity contribution in [2.24, 2.45) is 10.7 Å². The molecule has 136 valence electrons. The molecule has 0 radical (unpaired) electrons. The lowest BCUT2D eigenvalue weighted by molar-refractivity contribution is -0.143. The summed E-state index contributed by atoms with van der Waals surface area (Å²) in [6.07, 6.45) is 6.32. The number of rotatable bonds is 7. The van der Waals surface area contributed by atoms with Gasteiger partial charge in [-0.2, -0.15) is 0 Å². The second-order valence-corrected chi connectivity index (χ2v) is 6.43. The van der Waals surface area contributed by atoms with Gasteiger partial charge >= 0.3 is 5.97 Å². The molecule has 1 aliphatic carbocycles. The topological polar surface area (TPSA) is 93.8 Å². The van der Waals surface area contributed by atoms with Gasteiger partial charge in [-0.25, -0.2) is 4.79 Å². The number of nitrogens with one attached hydrogen (secondary N) is 1. The van der Waals surface area contributed by atoms with Crippen molar-refractivity contribution in [1.29, 1.82) is 0 Å². The minimum atomic E-state index is -0.736. The Labute approximate surface area is 156 Å². The predicted octanol–water partition coefficient (Wildman–Crippen LogP) is 2.53. The summed E-state index contributed by atoms with van der Waals surface area (Å²) in [6.45, 7) is 0. The van der Waals surface area contributed by atoms with Crippen LogP contribution in [0.25, 0.3) is 0 Å². The number of carbonyl (C=O) groups is 2. The zero-order chi connectivity index (χ0) is 18.7. The maximum Gasteiger partial charge on any atom is 0.328 e. The molecule has 1 fully saturated rings. The number of hydrogen-bond donors (Lipinski definition) is 2. The fourth-order valence-electron chi connectivity index (χ4n) is 2.15. The molecule has 25 heavy (non-hydrogen) atoms. The Morgan fingerprint density at radius 1 is 1.44 bits per heavy atom.